The Labute approximate surface area is 129 Å². The first-order valence-electron chi connectivity index (χ1n) is 8.80. The summed E-state index contributed by atoms with van der Waals surface area (Å²) in [5.74, 6) is 0.622. The van der Waals surface area contributed by atoms with Crippen molar-refractivity contribution in [3.63, 3.8) is 0 Å². The smallest absolute Gasteiger partial charge is 0.0619 e. The van der Waals surface area contributed by atoms with Crippen molar-refractivity contribution in [2.75, 3.05) is 13.2 Å². The van der Waals surface area contributed by atoms with Gasteiger partial charge in [-0.3, -0.25) is 0 Å². The maximum atomic E-state index is 5.94. The Morgan fingerprint density at radius 2 is 2.00 bits per heavy atom. The number of aryl methyl sites for hydroxylation is 2. The molecule has 1 aliphatic heterocycles. The van der Waals surface area contributed by atoms with Crippen LogP contribution in [0, 0.1) is 5.92 Å². The summed E-state index contributed by atoms with van der Waals surface area (Å²) >= 11 is 0. The summed E-state index contributed by atoms with van der Waals surface area (Å²) in [5, 5.41) is 3.73. The largest absolute Gasteiger partial charge is 0.378 e. The topological polar surface area (TPSA) is 21.3 Å². The summed E-state index contributed by atoms with van der Waals surface area (Å²) in [5.41, 5.74) is 4.65. The predicted molar refractivity (Wildman–Crippen MR) is 87.6 cm³/mol. The maximum absolute atomic E-state index is 5.94. The first-order valence-corrected chi connectivity index (χ1v) is 8.80. The molecule has 1 N–H and O–H groups in total. The van der Waals surface area contributed by atoms with Crippen molar-refractivity contribution in [2.24, 2.45) is 5.92 Å². The van der Waals surface area contributed by atoms with E-state index in [1.54, 1.807) is 11.1 Å². The molecule has 1 saturated heterocycles. The lowest BCUT2D eigenvalue weighted by Gasteiger charge is -2.29. The van der Waals surface area contributed by atoms with Crippen molar-refractivity contribution >= 4 is 0 Å². The van der Waals surface area contributed by atoms with E-state index in [9.17, 15) is 0 Å². The highest BCUT2D eigenvalue weighted by Gasteiger charge is 2.34. The maximum Gasteiger partial charge on any atom is 0.0619 e. The summed E-state index contributed by atoms with van der Waals surface area (Å²) in [6, 6.07) is 7.68. The van der Waals surface area contributed by atoms with Crippen molar-refractivity contribution in [3.05, 3.63) is 34.9 Å². The summed E-state index contributed by atoms with van der Waals surface area (Å²) < 4.78 is 5.94. The normalized spacial score (nSPS) is 26.6. The Bertz CT molecular complexity index is 471. The quantitative estimate of drug-likeness (QED) is 0.883. The predicted octanol–water partition coefficient (Wildman–Crippen LogP) is 4.03. The second kappa shape index (κ2) is 6.93. The van der Waals surface area contributed by atoms with Gasteiger partial charge >= 0.3 is 0 Å². The average molecular weight is 287 g/mol. The van der Waals surface area contributed by atoms with Crippen molar-refractivity contribution in [1.29, 1.82) is 0 Å². The van der Waals surface area contributed by atoms with Crippen LogP contribution in [0.25, 0.3) is 0 Å². The van der Waals surface area contributed by atoms with Gasteiger partial charge in [0.15, 0.2) is 0 Å². The number of ether oxygens (including phenoxy) is 1. The van der Waals surface area contributed by atoms with Crippen molar-refractivity contribution < 1.29 is 4.74 Å². The van der Waals surface area contributed by atoms with Gasteiger partial charge in [0.1, 0.15) is 0 Å². The molecule has 2 heteroatoms. The van der Waals surface area contributed by atoms with E-state index in [2.05, 4.69) is 37.4 Å². The Kier molecular flexibility index (Phi) is 4.97. The van der Waals surface area contributed by atoms with Crippen LogP contribution in [0.2, 0.25) is 0 Å². The van der Waals surface area contributed by atoms with E-state index in [4.69, 9.17) is 4.74 Å². The standard InChI is InChI=1S/C19H29NO/c1-3-18-17(11-12-21-18)19(20-4-2)16-10-9-14-7-5-6-8-15(14)13-16/h9-10,13,17-20H,3-8,11-12H2,1-2H3. The van der Waals surface area contributed by atoms with Crippen LogP contribution in [-0.4, -0.2) is 19.3 Å². The Morgan fingerprint density at radius 3 is 2.76 bits per heavy atom. The van der Waals surface area contributed by atoms with E-state index in [0.29, 0.717) is 18.1 Å². The summed E-state index contributed by atoms with van der Waals surface area (Å²) in [6.07, 6.45) is 7.98. The van der Waals surface area contributed by atoms with Gasteiger partial charge in [-0.05, 0) is 61.8 Å². The van der Waals surface area contributed by atoms with E-state index in [1.165, 1.54) is 37.7 Å². The average Bonchev–Trinajstić information content (AvgIpc) is 3.00. The molecule has 21 heavy (non-hydrogen) atoms. The third kappa shape index (κ3) is 3.17. The third-order valence-corrected chi connectivity index (χ3v) is 5.25. The molecule has 2 aliphatic rings. The molecule has 0 bridgehead atoms. The fourth-order valence-electron chi connectivity index (χ4n) is 4.15. The lowest BCUT2D eigenvalue weighted by atomic mass is 9.83. The molecule has 0 saturated carbocycles. The minimum absolute atomic E-state index is 0.421. The van der Waals surface area contributed by atoms with E-state index in [0.717, 1.165) is 19.6 Å². The number of hydrogen-bond donors (Lipinski definition) is 1. The first-order chi connectivity index (χ1) is 10.3. The molecule has 1 aromatic carbocycles. The number of nitrogens with one attached hydrogen (secondary N) is 1. The van der Waals surface area contributed by atoms with Crippen molar-refractivity contribution in [2.45, 2.75) is 64.5 Å². The molecule has 0 spiro atoms. The summed E-state index contributed by atoms with van der Waals surface area (Å²) in [6.45, 7) is 6.41. The number of benzene rings is 1. The molecule has 1 aliphatic carbocycles. The molecule has 116 valence electrons. The van der Waals surface area contributed by atoms with E-state index >= 15 is 0 Å². The molecule has 3 atom stereocenters. The van der Waals surface area contributed by atoms with Crippen LogP contribution in [0.5, 0.6) is 0 Å². The minimum Gasteiger partial charge on any atom is -0.378 e. The van der Waals surface area contributed by atoms with Crippen LogP contribution < -0.4 is 5.32 Å². The van der Waals surface area contributed by atoms with E-state index < -0.39 is 0 Å². The summed E-state index contributed by atoms with van der Waals surface area (Å²) in [7, 11) is 0. The van der Waals surface area contributed by atoms with Gasteiger partial charge in [-0.25, -0.2) is 0 Å². The molecular weight excluding hydrogens is 258 g/mol. The van der Waals surface area contributed by atoms with Gasteiger partial charge in [0.05, 0.1) is 6.10 Å². The number of fused-ring (bicyclic) bond motifs is 1. The zero-order chi connectivity index (χ0) is 14.7. The second-order valence-corrected chi connectivity index (χ2v) is 6.54. The van der Waals surface area contributed by atoms with E-state index in [1.807, 2.05) is 0 Å². The Balaban J connectivity index is 1.86. The van der Waals surface area contributed by atoms with E-state index in [-0.39, 0.29) is 0 Å². The molecule has 0 amide bonds. The monoisotopic (exact) mass is 287 g/mol. The van der Waals surface area contributed by atoms with Crippen LogP contribution >= 0.6 is 0 Å². The number of rotatable bonds is 5. The number of hydrogen-bond acceptors (Lipinski definition) is 2. The van der Waals surface area contributed by atoms with Gasteiger partial charge in [-0.1, -0.05) is 32.0 Å². The molecule has 2 nitrogen and oxygen atoms in total. The molecule has 1 aromatic rings. The van der Waals surface area contributed by atoms with Crippen molar-refractivity contribution in [1.82, 2.24) is 5.32 Å². The highest BCUT2D eigenvalue weighted by molar-refractivity contribution is 5.35. The van der Waals surface area contributed by atoms with Gasteiger partial charge in [0, 0.05) is 18.6 Å². The molecule has 1 fully saturated rings. The van der Waals surface area contributed by atoms with Crippen LogP contribution in [0.3, 0.4) is 0 Å². The van der Waals surface area contributed by atoms with Crippen LogP contribution in [-0.2, 0) is 17.6 Å². The zero-order valence-corrected chi connectivity index (χ0v) is 13.5. The Hall–Kier alpha value is -0.860. The lowest BCUT2D eigenvalue weighted by Crippen LogP contribution is -2.33. The molecule has 3 rings (SSSR count). The zero-order valence-electron chi connectivity index (χ0n) is 13.5. The first kappa shape index (κ1) is 15.1. The van der Waals surface area contributed by atoms with Gasteiger partial charge in [-0.2, -0.15) is 0 Å². The molecular formula is C19H29NO. The highest BCUT2D eigenvalue weighted by atomic mass is 16.5. The summed E-state index contributed by atoms with van der Waals surface area (Å²) in [4.78, 5) is 0. The second-order valence-electron chi connectivity index (χ2n) is 6.54. The third-order valence-electron chi connectivity index (χ3n) is 5.25. The van der Waals surface area contributed by atoms with Crippen LogP contribution in [0.4, 0.5) is 0 Å². The fourth-order valence-corrected chi connectivity index (χ4v) is 4.15. The van der Waals surface area contributed by atoms with Gasteiger partial charge in [-0.15, -0.1) is 0 Å². The molecule has 3 unspecified atom stereocenters. The lowest BCUT2D eigenvalue weighted by molar-refractivity contribution is 0.0776. The van der Waals surface area contributed by atoms with Crippen LogP contribution in [0.1, 0.15) is 62.3 Å². The Morgan fingerprint density at radius 1 is 1.19 bits per heavy atom. The van der Waals surface area contributed by atoms with Crippen molar-refractivity contribution in [3.8, 4) is 0 Å². The fraction of sp³-hybridized carbons (Fsp3) is 0.684. The molecule has 0 aromatic heterocycles. The van der Waals surface area contributed by atoms with Gasteiger partial charge in [0.2, 0.25) is 0 Å². The highest BCUT2D eigenvalue weighted by Crippen LogP contribution is 2.36. The molecule has 1 heterocycles. The minimum atomic E-state index is 0.421. The van der Waals surface area contributed by atoms with Gasteiger partial charge in [0.25, 0.3) is 0 Å². The SMILES string of the molecule is CCNC(c1ccc2c(c1)CCCC2)C1CCOC1CC. The van der Waals surface area contributed by atoms with Gasteiger partial charge < -0.3 is 10.1 Å². The van der Waals surface area contributed by atoms with Crippen LogP contribution in [0.15, 0.2) is 18.2 Å². The molecule has 0 radical (unpaired) electrons.